The first-order valence-corrected chi connectivity index (χ1v) is 5.54. The standard InChI is InChI=1S/C11H15NO6/c1-10-6(4-7(14)18-10)8(15)12(2)11(10,5-13)9(16)17-3/h6,13H,4-5H2,1-3H3/t6-,10-,11-/m0/s1. The third-order valence-electron chi connectivity index (χ3n) is 4.14. The summed E-state index contributed by atoms with van der Waals surface area (Å²) in [6.45, 7) is 0.819. The molecule has 2 saturated heterocycles. The average molecular weight is 257 g/mol. The number of ether oxygens (including phenoxy) is 2. The van der Waals surface area contributed by atoms with Crippen LogP contribution in [-0.2, 0) is 23.9 Å². The third-order valence-corrected chi connectivity index (χ3v) is 4.14. The van der Waals surface area contributed by atoms with Gasteiger partial charge in [-0.1, -0.05) is 0 Å². The van der Waals surface area contributed by atoms with Crippen LogP contribution in [0.1, 0.15) is 13.3 Å². The zero-order valence-corrected chi connectivity index (χ0v) is 10.4. The lowest BCUT2D eigenvalue weighted by Gasteiger charge is -2.40. The molecule has 100 valence electrons. The second kappa shape index (κ2) is 3.68. The van der Waals surface area contributed by atoms with Crippen molar-refractivity contribution in [1.82, 2.24) is 4.90 Å². The number of likely N-dealkylation sites (N-methyl/N-ethyl adjacent to an activating group) is 1. The molecule has 0 saturated carbocycles. The van der Waals surface area contributed by atoms with Gasteiger partial charge in [0, 0.05) is 7.05 Å². The van der Waals surface area contributed by atoms with Crippen molar-refractivity contribution < 1.29 is 29.0 Å². The lowest BCUT2D eigenvalue weighted by Crippen LogP contribution is -2.65. The van der Waals surface area contributed by atoms with E-state index in [2.05, 4.69) is 4.74 Å². The molecule has 1 N–H and O–H groups in total. The van der Waals surface area contributed by atoms with Gasteiger partial charge in [-0.25, -0.2) is 4.79 Å². The van der Waals surface area contributed by atoms with E-state index in [-0.39, 0.29) is 6.42 Å². The van der Waals surface area contributed by atoms with Crippen molar-refractivity contribution in [3.05, 3.63) is 0 Å². The number of hydrogen-bond donors (Lipinski definition) is 1. The fourth-order valence-electron chi connectivity index (χ4n) is 3.00. The molecule has 0 aliphatic carbocycles. The Morgan fingerprint density at radius 1 is 1.61 bits per heavy atom. The molecule has 0 aromatic heterocycles. The van der Waals surface area contributed by atoms with E-state index in [0.29, 0.717) is 0 Å². The predicted molar refractivity (Wildman–Crippen MR) is 57.2 cm³/mol. The minimum Gasteiger partial charge on any atom is -0.467 e. The Morgan fingerprint density at radius 2 is 2.22 bits per heavy atom. The van der Waals surface area contributed by atoms with Crippen molar-refractivity contribution in [2.75, 3.05) is 20.8 Å². The molecular weight excluding hydrogens is 242 g/mol. The summed E-state index contributed by atoms with van der Waals surface area (Å²) in [5, 5.41) is 9.62. The second-order valence-corrected chi connectivity index (χ2v) is 4.75. The molecule has 0 bridgehead atoms. The molecule has 2 aliphatic rings. The van der Waals surface area contributed by atoms with Gasteiger partial charge in [0.25, 0.3) is 0 Å². The summed E-state index contributed by atoms with van der Waals surface area (Å²) >= 11 is 0. The molecule has 7 heteroatoms. The number of nitrogens with zero attached hydrogens (tertiary/aromatic N) is 1. The quantitative estimate of drug-likeness (QED) is 0.617. The topological polar surface area (TPSA) is 93.1 Å². The fraction of sp³-hybridized carbons (Fsp3) is 0.727. The lowest BCUT2D eigenvalue weighted by atomic mass is 9.77. The van der Waals surface area contributed by atoms with Crippen molar-refractivity contribution in [3.8, 4) is 0 Å². The van der Waals surface area contributed by atoms with Crippen LogP contribution in [0.2, 0.25) is 0 Å². The highest BCUT2D eigenvalue weighted by molar-refractivity contribution is 5.99. The first-order valence-electron chi connectivity index (χ1n) is 5.54. The van der Waals surface area contributed by atoms with Crippen molar-refractivity contribution >= 4 is 17.8 Å². The molecule has 2 fully saturated rings. The van der Waals surface area contributed by atoms with Crippen molar-refractivity contribution in [2.24, 2.45) is 5.92 Å². The first kappa shape index (κ1) is 12.8. The van der Waals surface area contributed by atoms with Crippen LogP contribution in [0.3, 0.4) is 0 Å². The van der Waals surface area contributed by atoms with Crippen molar-refractivity contribution in [3.63, 3.8) is 0 Å². The molecule has 7 nitrogen and oxygen atoms in total. The van der Waals surface area contributed by atoms with Gasteiger partial charge in [-0.05, 0) is 6.92 Å². The van der Waals surface area contributed by atoms with Gasteiger partial charge >= 0.3 is 11.9 Å². The molecule has 0 spiro atoms. The maximum absolute atomic E-state index is 12.1. The molecule has 2 heterocycles. The number of rotatable bonds is 2. The number of fused-ring (bicyclic) bond motifs is 1. The monoisotopic (exact) mass is 257 g/mol. The number of amides is 1. The van der Waals surface area contributed by atoms with E-state index in [1.807, 2.05) is 0 Å². The highest BCUT2D eigenvalue weighted by atomic mass is 16.6. The maximum Gasteiger partial charge on any atom is 0.338 e. The largest absolute Gasteiger partial charge is 0.467 e. The van der Waals surface area contributed by atoms with E-state index in [9.17, 15) is 19.5 Å². The van der Waals surface area contributed by atoms with Crippen LogP contribution < -0.4 is 0 Å². The summed E-state index contributed by atoms with van der Waals surface area (Å²) in [6, 6.07) is 0. The molecule has 2 aliphatic heterocycles. The highest BCUT2D eigenvalue weighted by Gasteiger charge is 2.74. The normalized spacial score (nSPS) is 38.7. The van der Waals surface area contributed by atoms with E-state index >= 15 is 0 Å². The van der Waals surface area contributed by atoms with Gasteiger partial charge in [0.1, 0.15) is 0 Å². The summed E-state index contributed by atoms with van der Waals surface area (Å²) in [4.78, 5) is 36.6. The zero-order chi connectivity index (χ0) is 13.7. The molecular formula is C11H15NO6. The predicted octanol–water partition coefficient (Wildman–Crippen LogP) is -1.32. The Balaban J connectivity index is 2.60. The zero-order valence-electron chi connectivity index (χ0n) is 10.4. The minimum atomic E-state index is -1.67. The summed E-state index contributed by atoms with van der Waals surface area (Å²) in [6.07, 6.45) is -0.0849. The molecule has 1 amide bonds. The average Bonchev–Trinajstić information content (AvgIpc) is 2.71. The molecule has 0 aromatic carbocycles. The molecule has 0 unspecified atom stereocenters. The summed E-state index contributed by atoms with van der Waals surface area (Å²) in [5.74, 6) is -2.50. The summed E-state index contributed by atoms with van der Waals surface area (Å²) in [5.41, 5.74) is -3.06. The number of likely N-dealkylation sites (tertiary alicyclic amines) is 1. The van der Waals surface area contributed by atoms with E-state index in [1.54, 1.807) is 0 Å². The Kier molecular flexibility index (Phi) is 2.62. The van der Waals surface area contributed by atoms with Gasteiger partial charge in [0.15, 0.2) is 5.60 Å². The molecule has 0 radical (unpaired) electrons. The van der Waals surface area contributed by atoms with Crippen LogP contribution in [-0.4, -0.2) is 59.8 Å². The Labute approximate surface area is 104 Å². The smallest absolute Gasteiger partial charge is 0.338 e. The molecule has 0 aromatic rings. The van der Waals surface area contributed by atoms with Gasteiger partial charge < -0.3 is 19.5 Å². The van der Waals surface area contributed by atoms with Crippen LogP contribution in [0.25, 0.3) is 0 Å². The lowest BCUT2D eigenvalue weighted by molar-refractivity contribution is -0.180. The third kappa shape index (κ3) is 1.14. The van der Waals surface area contributed by atoms with Gasteiger partial charge in [0.2, 0.25) is 11.4 Å². The number of aliphatic hydroxyl groups excluding tert-OH is 1. The van der Waals surface area contributed by atoms with Crippen molar-refractivity contribution in [1.29, 1.82) is 0 Å². The van der Waals surface area contributed by atoms with Gasteiger partial charge in [-0.15, -0.1) is 0 Å². The number of hydrogen-bond acceptors (Lipinski definition) is 6. The molecule has 2 rings (SSSR count). The first-order chi connectivity index (χ1) is 8.35. The van der Waals surface area contributed by atoms with Crippen molar-refractivity contribution in [2.45, 2.75) is 24.5 Å². The van der Waals surface area contributed by atoms with Crippen LogP contribution >= 0.6 is 0 Å². The number of methoxy groups -OCH3 is 1. The van der Waals surface area contributed by atoms with Crippen LogP contribution in [0.4, 0.5) is 0 Å². The summed E-state index contributed by atoms with van der Waals surface area (Å²) < 4.78 is 9.85. The van der Waals surface area contributed by atoms with Gasteiger partial charge in [0.05, 0.1) is 26.1 Å². The number of esters is 2. The highest BCUT2D eigenvalue weighted by Crippen LogP contribution is 2.50. The summed E-state index contributed by atoms with van der Waals surface area (Å²) in [7, 11) is 2.55. The Bertz CT molecular complexity index is 435. The van der Waals surface area contributed by atoms with Gasteiger partial charge in [-0.3, -0.25) is 9.59 Å². The van der Waals surface area contributed by atoms with Crippen LogP contribution in [0.15, 0.2) is 0 Å². The second-order valence-electron chi connectivity index (χ2n) is 4.75. The Hall–Kier alpha value is -1.63. The molecule has 3 atom stereocenters. The van der Waals surface area contributed by atoms with Crippen LogP contribution in [0, 0.1) is 5.92 Å². The van der Waals surface area contributed by atoms with Crippen LogP contribution in [0.5, 0.6) is 0 Å². The number of carbonyl (C=O) groups excluding carboxylic acids is 3. The minimum absolute atomic E-state index is 0.0849. The van der Waals surface area contributed by atoms with E-state index in [1.165, 1.54) is 14.0 Å². The SMILES string of the molecule is COC(=O)[C@]1(CO)N(C)C(=O)[C@@H]2CC(=O)O[C@@]21C. The number of carbonyl (C=O) groups is 3. The molecule has 18 heavy (non-hydrogen) atoms. The van der Waals surface area contributed by atoms with E-state index in [4.69, 9.17) is 4.74 Å². The van der Waals surface area contributed by atoms with Gasteiger partial charge in [-0.2, -0.15) is 0 Å². The fourth-order valence-corrected chi connectivity index (χ4v) is 3.00. The maximum atomic E-state index is 12.1. The number of aliphatic hydroxyl groups is 1. The van der Waals surface area contributed by atoms with E-state index < -0.39 is 41.5 Å². The van der Waals surface area contributed by atoms with E-state index in [0.717, 1.165) is 12.0 Å². The Morgan fingerprint density at radius 3 is 2.72 bits per heavy atom.